The Morgan fingerprint density at radius 2 is 1.86 bits per heavy atom. The zero-order chi connectivity index (χ0) is 10.4. The van der Waals surface area contributed by atoms with E-state index in [-0.39, 0.29) is 13.2 Å². The van der Waals surface area contributed by atoms with Gasteiger partial charge in [0.2, 0.25) is 0 Å². The Morgan fingerprint density at radius 3 is 2.36 bits per heavy atom. The molecule has 4 N–H and O–H groups in total. The molecule has 1 heterocycles. The molecular formula is C10H17N2O2+. The van der Waals surface area contributed by atoms with E-state index >= 15 is 0 Å². The van der Waals surface area contributed by atoms with Crippen LogP contribution in [0, 0.1) is 0 Å². The average Bonchev–Trinajstić information content (AvgIpc) is 2.27. The van der Waals surface area contributed by atoms with Crippen molar-refractivity contribution in [2.24, 2.45) is 0 Å². The van der Waals surface area contributed by atoms with Crippen molar-refractivity contribution in [2.45, 2.75) is 19.0 Å². The molecule has 14 heavy (non-hydrogen) atoms. The number of nitrogens with two attached hydrogens (primary N) is 1. The van der Waals surface area contributed by atoms with Crippen molar-refractivity contribution < 1.29 is 15.5 Å². The number of aliphatic hydroxyl groups excluding tert-OH is 2. The molecular weight excluding hydrogens is 180 g/mol. The fourth-order valence-electron chi connectivity index (χ4n) is 1.06. The van der Waals surface area contributed by atoms with Crippen molar-refractivity contribution >= 4 is 0 Å². The van der Waals surface area contributed by atoms with Crippen molar-refractivity contribution in [3.63, 3.8) is 0 Å². The molecule has 0 saturated heterocycles. The molecule has 4 nitrogen and oxygen atoms in total. The number of quaternary nitrogens is 1. The second kappa shape index (κ2) is 5.05. The third kappa shape index (κ3) is 3.06. The minimum Gasteiger partial charge on any atom is -0.390 e. The Morgan fingerprint density at radius 1 is 1.29 bits per heavy atom. The van der Waals surface area contributed by atoms with Crippen molar-refractivity contribution in [3.8, 4) is 0 Å². The molecule has 0 fully saturated rings. The molecule has 0 spiro atoms. The molecule has 0 unspecified atom stereocenters. The SMILES string of the molecule is CC(CO)(CO)[NH2+]Cc1ccncc1. The number of pyridine rings is 1. The van der Waals surface area contributed by atoms with Crippen LogP contribution in [-0.4, -0.2) is 33.9 Å². The van der Waals surface area contributed by atoms with Crippen LogP contribution in [0.3, 0.4) is 0 Å². The summed E-state index contributed by atoms with van der Waals surface area (Å²) in [5.74, 6) is 0. The molecule has 1 rings (SSSR count). The van der Waals surface area contributed by atoms with Gasteiger partial charge in [-0.15, -0.1) is 0 Å². The molecule has 0 saturated carbocycles. The van der Waals surface area contributed by atoms with E-state index in [0.717, 1.165) is 12.1 Å². The minimum absolute atomic E-state index is 0.0332. The molecule has 0 aromatic carbocycles. The van der Waals surface area contributed by atoms with Crippen LogP contribution < -0.4 is 5.32 Å². The van der Waals surface area contributed by atoms with Crippen molar-refractivity contribution in [1.82, 2.24) is 4.98 Å². The highest BCUT2D eigenvalue weighted by molar-refractivity contribution is 5.07. The summed E-state index contributed by atoms with van der Waals surface area (Å²) in [5.41, 5.74) is 0.636. The zero-order valence-electron chi connectivity index (χ0n) is 8.35. The monoisotopic (exact) mass is 197 g/mol. The van der Waals surface area contributed by atoms with E-state index in [1.165, 1.54) is 0 Å². The van der Waals surface area contributed by atoms with Crippen molar-refractivity contribution in [3.05, 3.63) is 30.1 Å². The Kier molecular flexibility index (Phi) is 4.00. The number of hydrogen-bond donors (Lipinski definition) is 3. The van der Waals surface area contributed by atoms with Crippen LogP contribution in [0.25, 0.3) is 0 Å². The van der Waals surface area contributed by atoms with Crippen LogP contribution in [0.5, 0.6) is 0 Å². The molecule has 0 bridgehead atoms. The van der Waals surface area contributed by atoms with Gasteiger partial charge in [0.15, 0.2) is 0 Å². The van der Waals surface area contributed by atoms with E-state index in [0.29, 0.717) is 0 Å². The van der Waals surface area contributed by atoms with Crippen LogP contribution in [0.1, 0.15) is 12.5 Å². The third-order valence-corrected chi connectivity index (χ3v) is 2.30. The van der Waals surface area contributed by atoms with E-state index in [1.807, 2.05) is 24.4 Å². The van der Waals surface area contributed by atoms with Crippen LogP contribution in [0.4, 0.5) is 0 Å². The van der Waals surface area contributed by atoms with Gasteiger partial charge >= 0.3 is 0 Å². The first-order chi connectivity index (χ1) is 6.70. The summed E-state index contributed by atoms with van der Waals surface area (Å²) in [5, 5.41) is 20.1. The lowest BCUT2D eigenvalue weighted by Gasteiger charge is -2.22. The maximum absolute atomic E-state index is 9.06. The Bertz CT molecular complexity index is 260. The third-order valence-electron chi connectivity index (χ3n) is 2.30. The van der Waals surface area contributed by atoms with Gasteiger partial charge < -0.3 is 15.5 Å². The van der Waals surface area contributed by atoms with E-state index in [1.54, 1.807) is 12.4 Å². The highest BCUT2D eigenvalue weighted by Gasteiger charge is 2.25. The summed E-state index contributed by atoms with van der Waals surface area (Å²) in [6.07, 6.45) is 3.47. The number of aromatic nitrogens is 1. The van der Waals surface area contributed by atoms with E-state index < -0.39 is 5.54 Å². The van der Waals surface area contributed by atoms with Gasteiger partial charge in [0.25, 0.3) is 0 Å². The first-order valence-corrected chi connectivity index (χ1v) is 4.65. The Balaban J connectivity index is 2.48. The van der Waals surface area contributed by atoms with Gasteiger partial charge in [0.1, 0.15) is 12.1 Å². The maximum atomic E-state index is 9.06. The minimum atomic E-state index is -0.497. The van der Waals surface area contributed by atoms with Gasteiger partial charge in [-0.25, -0.2) is 0 Å². The second-order valence-electron chi connectivity index (χ2n) is 3.73. The first-order valence-electron chi connectivity index (χ1n) is 4.65. The topological polar surface area (TPSA) is 70.0 Å². The van der Waals surface area contributed by atoms with Crippen LogP contribution >= 0.6 is 0 Å². The van der Waals surface area contributed by atoms with Crippen LogP contribution in [-0.2, 0) is 6.54 Å². The van der Waals surface area contributed by atoms with Gasteiger partial charge in [-0.05, 0) is 19.1 Å². The smallest absolute Gasteiger partial charge is 0.140 e. The van der Waals surface area contributed by atoms with Gasteiger partial charge in [-0.2, -0.15) is 0 Å². The molecule has 0 aliphatic rings. The lowest BCUT2D eigenvalue weighted by Crippen LogP contribution is -2.97. The Hall–Kier alpha value is -0.970. The van der Waals surface area contributed by atoms with Gasteiger partial charge in [-0.3, -0.25) is 4.98 Å². The molecule has 4 heteroatoms. The predicted molar refractivity (Wildman–Crippen MR) is 52.4 cm³/mol. The number of aliphatic hydroxyl groups is 2. The average molecular weight is 197 g/mol. The normalized spacial score (nSPS) is 11.6. The van der Waals surface area contributed by atoms with Crippen LogP contribution in [0.2, 0.25) is 0 Å². The summed E-state index contributed by atoms with van der Waals surface area (Å²) in [6, 6.07) is 3.84. The lowest BCUT2D eigenvalue weighted by molar-refractivity contribution is -0.741. The largest absolute Gasteiger partial charge is 0.390 e. The summed E-state index contributed by atoms with van der Waals surface area (Å²) >= 11 is 0. The fraction of sp³-hybridized carbons (Fsp3) is 0.500. The molecule has 0 aliphatic heterocycles. The zero-order valence-corrected chi connectivity index (χ0v) is 8.35. The summed E-state index contributed by atoms with van der Waals surface area (Å²) < 4.78 is 0. The fourth-order valence-corrected chi connectivity index (χ4v) is 1.06. The second-order valence-corrected chi connectivity index (χ2v) is 3.73. The van der Waals surface area contributed by atoms with Crippen LogP contribution in [0.15, 0.2) is 24.5 Å². The summed E-state index contributed by atoms with van der Waals surface area (Å²) in [6.45, 7) is 2.50. The Labute approximate surface area is 83.6 Å². The maximum Gasteiger partial charge on any atom is 0.140 e. The summed E-state index contributed by atoms with van der Waals surface area (Å²) in [7, 11) is 0. The standard InChI is InChI=1S/C10H16N2O2/c1-10(7-13,8-14)12-6-9-2-4-11-5-3-9/h2-5,12-14H,6-8H2,1H3/p+1. The predicted octanol–water partition coefficient (Wildman–Crippen LogP) is -1.11. The number of rotatable bonds is 5. The molecule has 1 aromatic rings. The molecule has 1 aromatic heterocycles. The highest BCUT2D eigenvalue weighted by Crippen LogP contribution is 1.96. The molecule has 78 valence electrons. The first kappa shape index (κ1) is 11.1. The molecule has 0 aliphatic carbocycles. The summed E-state index contributed by atoms with van der Waals surface area (Å²) in [4.78, 5) is 3.92. The van der Waals surface area contributed by atoms with Gasteiger partial charge in [0.05, 0.1) is 13.2 Å². The molecule has 0 radical (unpaired) electrons. The van der Waals surface area contributed by atoms with E-state index in [9.17, 15) is 0 Å². The van der Waals surface area contributed by atoms with E-state index in [4.69, 9.17) is 10.2 Å². The molecule has 0 atom stereocenters. The number of nitrogens with zero attached hydrogens (tertiary/aromatic N) is 1. The van der Waals surface area contributed by atoms with Gasteiger partial charge in [0, 0.05) is 18.0 Å². The number of hydrogen-bond acceptors (Lipinski definition) is 3. The molecule has 0 amide bonds. The lowest BCUT2D eigenvalue weighted by atomic mass is 10.1. The quantitative estimate of drug-likeness (QED) is 0.560. The van der Waals surface area contributed by atoms with Crippen molar-refractivity contribution in [2.75, 3.05) is 13.2 Å². The van der Waals surface area contributed by atoms with Gasteiger partial charge in [-0.1, -0.05) is 0 Å². The highest BCUT2D eigenvalue weighted by atomic mass is 16.3. The van der Waals surface area contributed by atoms with Crippen molar-refractivity contribution in [1.29, 1.82) is 0 Å². The van der Waals surface area contributed by atoms with E-state index in [2.05, 4.69) is 4.98 Å².